The van der Waals surface area contributed by atoms with E-state index in [-0.39, 0.29) is 29.0 Å². The molecule has 0 bridgehead atoms. The second kappa shape index (κ2) is 8.50. The third kappa shape index (κ3) is 3.81. The van der Waals surface area contributed by atoms with Crippen LogP contribution in [0.15, 0.2) is 41.7 Å². The molecular weight excluding hydrogens is 424 g/mol. The first-order valence-corrected chi connectivity index (χ1v) is 11.8. The summed E-state index contributed by atoms with van der Waals surface area (Å²) in [5, 5.41) is 16.2. The van der Waals surface area contributed by atoms with Crippen molar-refractivity contribution in [3.05, 3.63) is 59.3 Å². The van der Waals surface area contributed by atoms with Crippen molar-refractivity contribution in [1.82, 2.24) is 4.98 Å². The Kier molecular flexibility index (Phi) is 5.67. The Morgan fingerprint density at radius 3 is 2.88 bits per heavy atom. The maximum absolute atomic E-state index is 14.5. The summed E-state index contributed by atoms with van der Waals surface area (Å²) < 4.78 is 27.5. The predicted molar refractivity (Wildman–Crippen MR) is 121 cm³/mol. The zero-order chi connectivity index (χ0) is 23.2. The van der Waals surface area contributed by atoms with E-state index >= 15 is 0 Å². The highest BCUT2D eigenvalue weighted by Gasteiger charge is 2.57. The van der Waals surface area contributed by atoms with Gasteiger partial charge in [0.1, 0.15) is 17.5 Å². The minimum atomic E-state index is -0.449. The number of aromatic nitrogens is 1. The van der Waals surface area contributed by atoms with Gasteiger partial charge in [0.05, 0.1) is 11.9 Å². The van der Waals surface area contributed by atoms with Gasteiger partial charge in [-0.1, -0.05) is 24.2 Å². The number of carbonyl (C=O) groups excluding carboxylic acids is 1. The standard InChI is InChI=1S/C26H29F2N3O2/c1-26-12-11-18-17-3-2-4-21(28)19(17)7-8-20(18)25(26)15(13-22(26)31-33)5-10-24(32)30-23-9-6-16(27)14-29-23/h2-4,6,9,14-15,18,20,25,33H,5,7-8,10-13H2,1H3,(H,29,30,32)/b31-22-/t15-,18-,20-,25+,26-/m1/s1. The van der Waals surface area contributed by atoms with E-state index < -0.39 is 5.82 Å². The molecule has 3 aliphatic rings. The summed E-state index contributed by atoms with van der Waals surface area (Å²) in [6.45, 7) is 2.20. The number of benzene rings is 1. The summed E-state index contributed by atoms with van der Waals surface area (Å²) in [6, 6.07) is 8.15. The fourth-order valence-corrected chi connectivity index (χ4v) is 7.05. The summed E-state index contributed by atoms with van der Waals surface area (Å²) in [5.74, 6) is 0.809. The van der Waals surface area contributed by atoms with E-state index in [1.807, 2.05) is 6.07 Å². The van der Waals surface area contributed by atoms with Gasteiger partial charge < -0.3 is 10.5 Å². The van der Waals surface area contributed by atoms with Crippen LogP contribution in [0.4, 0.5) is 14.6 Å². The normalized spacial score (nSPS) is 31.5. The van der Waals surface area contributed by atoms with Gasteiger partial charge in [0, 0.05) is 11.8 Å². The van der Waals surface area contributed by atoms with Crippen molar-refractivity contribution in [3.8, 4) is 0 Å². The zero-order valence-corrected chi connectivity index (χ0v) is 18.7. The zero-order valence-electron chi connectivity index (χ0n) is 18.7. The van der Waals surface area contributed by atoms with Gasteiger partial charge in [-0.05, 0) is 91.5 Å². The molecule has 5 atom stereocenters. The van der Waals surface area contributed by atoms with Crippen molar-refractivity contribution in [3.63, 3.8) is 0 Å². The molecule has 1 aromatic heterocycles. The molecule has 2 saturated carbocycles. The van der Waals surface area contributed by atoms with Gasteiger partial charge in [-0.3, -0.25) is 4.79 Å². The topological polar surface area (TPSA) is 74.6 Å². The monoisotopic (exact) mass is 453 g/mol. The van der Waals surface area contributed by atoms with Crippen LogP contribution in [0.2, 0.25) is 0 Å². The molecule has 1 heterocycles. The lowest BCUT2D eigenvalue weighted by Crippen LogP contribution is -2.44. The highest BCUT2D eigenvalue weighted by Crippen LogP contribution is 2.62. The first-order chi connectivity index (χ1) is 15.9. The molecule has 3 aliphatic carbocycles. The van der Waals surface area contributed by atoms with Crippen molar-refractivity contribution < 1.29 is 18.8 Å². The van der Waals surface area contributed by atoms with E-state index in [0.29, 0.717) is 36.9 Å². The number of nitrogens with one attached hydrogen (secondary N) is 1. The van der Waals surface area contributed by atoms with Crippen LogP contribution in [-0.4, -0.2) is 21.8 Å². The molecule has 1 aromatic carbocycles. The third-order valence-electron chi connectivity index (χ3n) is 8.45. The van der Waals surface area contributed by atoms with Gasteiger partial charge in [-0.2, -0.15) is 0 Å². The van der Waals surface area contributed by atoms with E-state index in [0.717, 1.165) is 48.7 Å². The van der Waals surface area contributed by atoms with E-state index in [1.165, 1.54) is 12.1 Å². The molecule has 0 saturated heterocycles. The number of anilines is 1. The molecule has 0 radical (unpaired) electrons. The number of hydrogen-bond donors (Lipinski definition) is 2. The Morgan fingerprint density at radius 1 is 1.27 bits per heavy atom. The number of fused-ring (bicyclic) bond motifs is 5. The molecule has 7 heteroatoms. The Balaban J connectivity index is 1.35. The molecule has 5 nitrogen and oxygen atoms in total. The van der Waals surface area contributed by atoms with Gasteiger partial charge >= 0.3 is 0 Å². The van der Waals surface area contributed by atoms with Crippen molar-refractivity contribution in [1.29, 1.82) is 0 Å². The second-order valence-corrected chi connectivity index (χ2v) is 10.1. The molecule has 0 aliphatic heterocycles. The molecule has 0 spiro atoms. The lowest BCUT2D eigenvalue weighted by Gasteiger charge is -2.50. The SMILES string of the molecule is C[C@]12CC[C@@H]3c4cccc(F)c4CC[C@H]3[C@@H]1[C@H](CCC(=O)Nc1ccc(F)cn1)C/C2=N/O. The largest absolute Gasteiger partial charge is 0.411 e. The molecule has 174 valence electrons. The van der Waals surface area contributed by atoms with E-state index in [4.69, 9.17) is 0 Å². The number of pyridine rings is 1. The minimum absolute atomic E-state index is 0.106. The van der Waals surface area contributed by atoms with Crippen LogP contribution in [0.5, 0.6) is 0 Å². The van der Waals surface area contributed by atoms with Gasteiger partial charge in [-0.15, -0.1) is 0 Å². The molecule has 2 aromatic rings. The van der Waals surface area contributed by atoms with Gasteiger partial charge in [0.25, 0.3) is 0 Å². The summed E-state index contributed by atoms with van der Waals surface area (Å²) in [5.41, 5.74) is 2.64. The fourth-order valence-electron chi connectivity index (χ4n) is 7.05. The molecule has 33 heavy (non-hydrogen) atoms. The fraction of sp³-hybridized carbons (Fsp3) is 0.500. The molecule has 0 unspecified atom stereocenters. The number of nitrogens with zero attached hydrogens (tertiary/aromatic N) is 2. The average Bonchev–Trinajstić information content (AvgIpc) is 3.11. The first-order valence-electron chi connectivity index (χ1n) is 11.8. The summed E-state index contributed by atoms with van der Waals surface area (Å²) >= 11 is 0. The molecular formula is C26H29F2N3O2. The number of hydrogen-bond acceptors (Lipinski definition) is 4. The smallest absolute Gasteiger partial charge is 0.225 e. The van der Waals surface area contributed by atoms with Crippen LogP contribution in [-0.2, 0) is 11.2 Å². The highest BCUT2D eigenvalue weighted by molar-refractivity contribution is 5.93. The number of oxime groups is 1. The van der Waals surface area contributed by atoms with Crippen LogP contribution in [0.25, 0.3) is 0 Å². The Bertz CT molecular complexity index is 1090. The van der Waals surface area contributed by atoms with Crippen LogP contribution in [0.1, 0.15) is 62.5 Å². The van der Waals surface area contributed by atoms with Crippen molar-refractivity contribution in [2.75, 3.05) is 5.32 Å². The lowest BCUT2D eigenvalue weighted by atomic mass is 9.54. The molecule has 2 N–H and O–H groups in total. The maximum Gasteiger partial charge on any atom is 0.225 e. The Hall–Kier alpha value is -2.83. The van der Waals surface area contributed by atoms with Crippen LogP contribution >= 0.6 is 0 Å². The highest BCUT2D eigenvalue weighted by atomic mass is 19.1. The van der Waals surface area contributed by atoms with Crippen LogP contribution in [0, 0.1) is 34.8 Å². The van der Waals surface area contributed by atoms with Crippen LogP contribution < -0.4 is 5.32 Å². The van der Waals surface area contributed by atoms with Crippen molar-refractivity contribution in [2.24, 2.45) is 28.3 Å². The lowest BCUT2D eigenvalue weighted by molar-refractivity contribution is -0.116. The van der Waals surface area contributed by atoms with Gasteiger partial charge in [0.15, 0.2) is 0 Å². The molecule has 1 amide bonds. The average molecular weight is 454 g/mol. The summed E-state index contributed by atoms with van der Waals surface area (Å²) in [6.07, 6.45) is 6.24. The second-order valence-electron chi connectivity index (χ2n) is 10.1. The van der Waals surface area contributed by atoms with E-state index in [2.05, 4.69) is 28.4 Å². The Labute approximate surface area is 192 Å². The van der Waals surface area contributed by atoms with Crippen LogP contribution in [0.3, 0.4) is 0 Å². The van der Waals surface area contributed by atoms with E-state index in [9.17, 15) is 18.8 Å². The summed E-state index contributed by atoms with van der Waals surface area (Å²) in [4.78, 5) is 16.5. The maximum atomic E-state index is 14.5. The Morgan fingerprint density at radius 2 is 2.12 bits per heavy atom. The summed E-state index contributed by atoms with van der Waals surface area (Å²) in [7, 11) is 0. The molecule has 2 fully saturated rings. The number of carbonyl (C=O) groups is 1. The predicted octanol–water partition coefficient (Wildman–Crippen LogP) is 5.69. The number of rotatable bonds is 4. The molecule has 5 rings (SSSR count). The third-order valence-corrected chi connectivity index (χ3v) is 8.45. The number of amides is 1. The van der Waals surface area contributed by atoms with Gasteiger partial charge in [0.2, 0.25) is 5.91 Å². The number of halogens is 2. The van der Waals surface area contributed by atoms with Crippen molar-refractivity contribution in [2.45, 2.75) is 57.8 Å². The van der Waals surface area contributed by atoms with E-state index in [1.54, 1.807) is 6.07 Å². The quantitative estimate of drug-likeness (QED) is 0.461. The first kappa shape index (κ1) is 22.0. The van der Waals surface area contributed by atoms with Gasteiger partial charge in [-0.25, -0.2) is 13.8 Å². The minimum Gasteiger partial charge on any atom is -0.411 e. The van der Waals surface area contributed by atoms with Crippen molar-refractivity contribution >= 4 is 17.4 Å².